The smallest absolute Gasteiger partial charge is 0.144 e. The van der Waals surface area contributed by atoms with Crippen LogP contribution in [0.4, 0.5) is 0 Å². The van der Waals surface area contributed by atoms with Crippen LogP contribution in [0.2, 0.25) is 0 Å². The Hall–Kier alpha value is -0.890. The molecule has 0 heterocycles. The number of hydrogen-bond acceptors (Lipinski definition) is 2. The monoisotopic (exact) mass is 320 g/mol. The molecule has 0 aliphatic heterocycles. The maximum atomic E-state index is 11.7. The van der Waals surface area contributed by atoms with Crippen LogP contribution in [0.1, 0.15) is 73.1 Å². The molecule has 2 heteroatoms. The Morgan fingerprint density at radius 3 is 2.13 bits per heavy atom. The standard InChI is InChI=1S/C11H18.C10H18O2/c1-5-11(4)8-6-7-9(2)10(11)3;1-7-5-4-6-10(3,8(2)11)9(7)12/h5,9H,1,3,6-8H2,2,4H3;7-8,11H,4-6H2,1-3H3/t9-,11-;7-,8?,10+/m11/s1. The summed E-state index contributed by atoms with van der Waals surface area (Å²) in [6.45, 7) is 18.1. The second-order valence-corrected chi connectivity index (χ2v) is 8.19. The predicted molar refractivity (Wildman–Crippen MR) is 98.3 cm³/mol. The largest absolute Gasteiger partial charge is 0.392 e. The fourth-order valence-electron chi connectivity index (χ4n) is 3.91. The van der Waals surface area contributed by atoms with E-state index in [0.29, 0.717) is 5.92 Å². The first kappa shape index (κ1) is 20.2. The van der Waals surface area contributed by atoms with Gasteiger partial charge in [0.15, 0.2) is 0 Å². The zero-order chi connectivity index (χ0) is 17.8. The molecule has 0 saturated heterocycles. The third-order valence-electron chi connectivity index (χ3n) is 6.38. The highest BCUT2D eigenvalue weighted by Crippen LogP contribution is 2.43. The fourth-order valence-corrected chi connectivity index (χ4v) is 3.91. The zero-order valence-electron chi connectivity index (χ0n) is 15.8. The summed E-state index contributed by atoms with van der Waals surface area (Å²) < 4.78 is 0. The van der Waals surface area contributed by atoms with E-state index in [1.165, 1.54) is 24.8 Å². The first-order chi connectivity index (χ1) is 10.6. The highest BCUT2D eigenvalue weighted by molar-refractivity contribution is 5.87. The van der Waals surface area contributed by atoms with Crippen LogP contribution in [0.15, 0.2) is 24.8 Å². The number of aliphatic hydroxyl groups is 1. The number of allylic oxidation sites excluding steroid dienone is 2. The van der Waals surface area contributed by atoms with Gasteiger partial charge in [-0.3, -0.25) is 4.79 Å². The zero-order valence-corrected chi connectivity index (χ0v) is 15.8. The van der Waals surface area contributed by atoms with Gasteiger partial charge >= 0.3 is 0 Å². The van der Waals surface area contributed by atoms with Crippen LogP contribution in [0.25, 0.3) is 0 Å². The average Bonchev–Trinajstić information content (AvgIpc) is 2.50. The number of carbonyl (C=O) groups is 1. The minimum atomic E-state index is -0.507. The molecule has 2 aliphatic carbocycles. The second kappa shape index (κ2) is 7.79. The Balaban J connectivity index is 0.000000231. The van der Waals surface area contributed by atoms with Crippen LogP contribution < -0.4 is 0 Å². The van der Waals surface area contributed by atoms with E-state index in [9.17, 15) is 9.90 Å². The van der Waals surface area contributed by atoms with Crippen LogP contribution in [0, 0.1) is 22.7 Å². The lowest BCUT2D eigenvalue weighted by Gasteiger charge is -2.37. The quantitative estimate of drug-likeness (QED) is 0.699. The fraction of sp³-hybridized carbons (Fsp3) is 0.762. The van der Waals surface area contributed by atoms with Gasteiger partial charge in [0.2, 0.25) is 0 Å². The van der Waals surface area contributed by atoms with E-state index in [4.69, 9.17) is 0 Å². The maximum Gasteiger partial charge on any atom is 0.144 e. The Bertz CT molecular complexity index is 451. The summed E-state index contributed by atoms with van der Waals surface area (Å²) in [5.41, 5.74) is 1.12. The Labute approximate surface area is 143 Å². The van der Waals surface area contributed by atoms with Crippen molar-refractivity contribution in [2.75, 3.05) is 0 Å². The van der Waals surface area contributed by atoms with Crippen molar-refractivity contribution in [3.63, 3.8) is 0 Å². The molecule has 0 aromatic heterocycles. The van der Waals surface area contributed by atoms with Crippen molar-refractivity contribution in [3.8, 4) is 0 Å². The average molecular weight is 321 g/mol. The third kappa shape index (κ3) is 4.35. The van der Waals surface area contributed by atoms with Crippen molar-refractivity contribution in [1.82, 2.24) is 0 Å². The van der Waals surface area contributed by atoms with Crippen molar-refractivity contribution in [2.24, 2.45) is 22.7 Å². The molecule has 1 unspecified atom stereocenters. The number of hydrogen-bond donors (Lipinski definition) is 1. The second-order valence-electron chi connectivity index (χ2n) is 8.19. The van der Waals surface area contributed by atoms with Gasteiger partial charge in [0, 0.05) is 11.3 Å². The molecular weight excluding hydrogens is 284 g/mol. The molecule has 2 rings (SSSR count). The summed E-state index contributed by atoms with van der Waals surface area (Å²) in [6.07, 6.45) is 8.31. The van der Waals surface area contributed by atoms with E-state index in [2.05, 4.69) is 33.1 Å². The summed E-state index contributed by atoms with van der Waals surface area (Å²) in [5, 5.41) is 9.50. The van der Waals surface area contributed by atoms with Crippen LogP contribution in [0.3, 0.4) is 0 Å². The number of ketones is 1. The maximum absolute atomic E-state index is 11.7. The van der Waals surface area contributed by atoms with Crippen LogP contribution in [-0.4, -0.2) is 17.0 Å². The topological polar surface area (TPSA) is 37.3 Å². The van der Waals surface area contributed by atoms with E-state index < -0.39 is 11.5 Å². The van der Waals surface area contributed by atoms with Crippen LogP contribution in [0.5, 0.6) is 0 Å². The molecule has 132 valence electrons. The van der Waals surface area contributed by atoms with Gasteiger partial charge in [-0.25, -0.2) is 0 Å². The van der Waals surface area contributed by atoms with E-state index in [-0.39, 0.29) is 17.1 Å². The lowest BCUT2D eigenvalue weighted by Crippen LogP contribution is -2.44. The minimum absolute atomic E-state index is 0.137. The van der Waals surface area contributed by atoms with E-state index >= 15 is 0 Å². The highest BCUT2D eigenvalue weighted by Gasteiger charge is 2.42. The molecule has 2 nitrogen and oxygen atoms in total. The minimum Gasteiger partial charge on any atom is -0.392 e. The van der Waals surface area contributed by atoms with E-state index in [1.807, 2.05) is 13.8 Å². The SMILES string of the molecule is C=C[C@]1(C)CCC[C@@H](C)C1=C.CC(O)[C@]1(C)CCC[C@@H](C)C1=O. The number of carbonyl (C=O) groups excluding carboxylic acids is 1. The Morgan fingerprint density at radius 2 is 1.70 bits per heavy atom. The normalized spacial score (nSPS) is 39.2. The molecular formula is C21H36O2. The van der Waals surface area contributed by atoms with Crippen LogP contribution >= 0.6 is 0 Å². The number of Topliss-reactive ketones (excluding diaryl/α,β-unsaturated/α-hetero) is 1. The molecule has 0 amide bonds. The molecule has 0 aromatic rings. The molecule has 2 saturated carbocycles. The van der Waals surface area contributed by atoms with Gasteiger partial charge in [-0.2, -0.15) is 0 Å². The lowest BCUT2D eigenvalue weighted by molar-refractivity contribution is -0.141. The van der Waals surface area contributed by atoms with Gasteiger partial charge in [-0.15, -0.1) is 6.58 Å². The van der Waals surface area contributed by atoms with Crippen molar-refractivity contribution < 1.29 is 9.90 Å². The molecule has 1 N–H and O–H groups in total. The van der Waals surface area contributed by atoms with Gasteiger partial charge < -0.3 is 5.11 Å². The molecule has 23 heavy (non-hydrogen) atoms. The number of aliphatic hydroxyl groups excluding tert-OH is 1. The first-order valence-electron chi connectivity index (χ1n) is 9.13. The van der Waals surface area contributed by atoms with Crippen molar-refractivity contribution >= 4 is 5.78 Å². The van der Waals surface area contributed by atoms with Gasteiger partial charge in [0.25, 0.3) is 0 Å². The van der Waals surface area contributed by atoms with Crippen LogP contribution in [-0.2, 0) is 4.79 Å². The molecule has 0 spiro atoms. The molecule has 0 radical (unpaired) electrons. The Kier molecular flexibility index (Phi) is 6.82. The molecule has 0 bridgehead atoms. The molecule has 2 fully saturated rings. The predicted octanol–water partition coefficient (Wildman–Crippen LogP) is 5.32. The summed E-state index contributed by atoms with van der Waals surface area (Å²) in [7, 11) is 0. The van der Waals surface area contributed by atoms with E-state index in [0.717, 1.165) is 19.3 Å². The molecule has 5 atom stereocenters. The van der Waals surface area contributed by atoms with Gasteiger partial charge in [-0.05, 0) is 38.5 Å². The summed E-state index contributed by atoms with van der Waals surface area (Å²) in [6, 6.07) is 0. The van der Waals surface area contributed by atoms with Gasteiger partial charge in [0.05, 0.1) is 11.5 Å². The third-order valence-corrected chi connectivity index (χ3v) is 6.38. The molecule has 2 aliphatic rings. The summed E-state index contributed by atoms with van der Waals surface area (Å²) >= 11 is 0. The molecule has 0 aromatic carbocycles. The highest BCUT2D eigenvalue weighted by atomic mass is 16.3. The lowest BCUT2D eigenvalue weighted by atomic mass is 9.67. The summed E-state index contributed by atoms with van der Waals surface area (Å²) in [5.74, 6) is 1.06. The van der Waals surface area contributed by atoms with Gasteiger partial charge in [-0.1, -0.05) is 58.8 Å². The van der Waals surface area contributed by atoms with Gasteiger partial charge in [0.1, 0.15) is 5.78 Å². The van der Waals surface area contributed by atoms with E-state index in [1.54, 1.807) is 6.92 Å². The number of rotatable bonds is 2. The first-order valence-corrected chi connectivity index (χ1v) is 9.13. The van der Waals surface area contributed by atoms with Crippen molar-refractivity contribution in [2.45, 2.75) is 79.2 Å². The van der Waals surface area contributed by atoms with Crippen molar-refractivity contribution in [3.05, 3.63) is 24.8 Å². The summed E-state index contributed by atoms with van der Waals surface area (Å²) in [4.78, 5) is 11.7. The van der Waals surface area contributed by atoms with Crippen molar-refractivity contribution in [1.29, 1.82) is 0 Å². The Morgan fingerprint density at radius 1 is 1.17 bits per heavy atom.